The first-order valence-corrected chi connectivity index (χ1v) is 26.1. The first kappa shape index (κ1) is 59.4. The topological polar surface area (TPSA) is 105 Å². The maximum Gasteiger partial charge on any atom is 0.472 e. The predicted octanol–water partition coefficient (Wildman–Crippen LogP) is 14.3. The van der Waals surface area contributed by atoms with E-state index in [2.05, 4.69) is 104 Å². The molecule has 8 nitrogen and oxygen atoms in total. The number of allylic oxidation sites excluding steroid dienone is 15. The summed E-state index contributed by atoms with van der Waals surface area (Å²) in [6, 6.07) is -0.874. The van der Waals surface area contributed by atoms with Gasteiger partial charge in [0.25, 0.3) is 0 Å². The van der Waals surface area contributed by atoms with Crippen LogP contribution < -0.4 is 5.32 Å². The number of nitrogens with one attached hydrogen (secondary N) is 1. The highest BCUT2D eigenvalue weighted by atomic mass is 31.2. The van der Waals surface area contributed by atoms with Crippen LogP contribution in [0.4, 0.5) is 0 Å². The van der Waals surface area contributed by atoms with Gasteiger partial charge in [0.1, 0.15) is 13.2 Å². The van der Waals surface area contributed by atoms with Crippen molar-refractivity contribution in [1.29, 1.82) is 0 Å². The molecule has 0 aromatic carbocycles. The second-order valence-electron chi connectivity index (χ2n) is 17.4. The van der Waals surface area contributed by atoms with E-state index in [0.717, 1.165) is 83.5 Å². The summed E-state index contributed by atoms with van der Waals surface area (Å²) in [5, 5.41) is 13.8. The van der Waals surface area contributed by atoms with Gasteiger partial charge in [0.2, 0.25) is 5.91 Å². The lowest BCUT2D eigenvalue weighted by molar-refractivity contribution is -0.870. The first-order chi connectivity index (χ1) is 30.0. The Balaban J connectivity index is 4.18. The first-order valence-electron chi connectivity index (χ1n) is 24.6. The summed E-state index contributed by atoms with van der Waals surface area (Å²) in [6.07, 6.45) is 62.2. The standard InChI is InChI=1S/C53H93N2O6P/c1-6-8-10-12-14-16-18-19-20-21-22-23-24-25-26-27-28-29-30-31-32-33-34-35-37-39-41-43-45-47-53(57)54-51(50-61-62(58,59)60-49-48-55(3,4)5)52(56)46-44-42-40-38-36-17-15-13-11-9-7-2/h8,10-11,13-14,16,19-20,22-23,25-26,36,38,44,46,51-52,56H,6-7,9,12,15,17-18,21,24,27-35,37,39-43,45,47-50H2,1-5H3,(H-,54,57,58,59)/p+1/b10-8-,13-11+,16-14-,20-19-,23-22-,26-25-,38-36+,46-44+. The van der Waals surface area contributed by atoms with E-state index in [0.29, 0.717) is 17.4 Å². The average Bonchev–Trinajstić information content (AvgIpc) is 3.23. The molecule has 0 radical (unpaired) electrons. The molecule has 9 heteroatoms. The van der Waals surface area contributed by atoms with Gasteiger partial charge < -0.3 is 19.8 Å². The lowest BCUT2D eigenvalue weighted by Crippen LogP contribution is -2.45. The summed E-state index contributed by atoms with van der Waals surface area (Å²) >= 11 is 0. The molecule has 356 valence electrons. The fourth-order valence-corrected chi connectivity index (χ4v) is 7.14. The van der Waals surface area contributed by atoms with Crippen LogP contribution in [0, 0.1) is 0 Å². The zero-order valence-electron chi connectivity index (χ0n) is 40.3. The van der Waals surface area contributed by atoms with E-state index in [1.54, 1.807) is 6.08 Å². The van der Waals surface area contributed by atoms with Gasteiger partial charge >= 0.3 is 7.82 Å². The van der Waals surface area contributed by atoms with E-state index in [-0.39, 0.29) is 19.1 Å². The molecule has 0 saturated heterocycles. The number of carbonyl (C=O) groups excluding carboxylic acids is 1. The third-order valence-electron chi connectivity index (χ3n) is 10.2. The number of unbranched alkanes of at least 4 members (excludes halogenated alkanes) is 16. The van der Waals surface area contributed by atoms with Crippen molar-refractivity contribution in [3.63, 3.8) is 0 Å². The van der Waals surface area contributed by atoms with Gasteiger partial charge in [-0.15, -0.1) is 0 Å². The summed E-state index contributed by atoms with van der Waals surface area (Å²) in [4.78, 5) is 23.1. The van der Waals surface area contributed by atoms with Crippen LogP contribution in [0.15, 0.2) is 97.2 Å². The molecule has 0 aliphatic heterocycles. The van der Waals surface area contributed by atoms with Crippen molar-refractivity contribution in [3.8, 4) is 0 Å². The molecule has 0 fully saturated rings. The van der Waals surface area contributed by atoms with Gasteiger partial charge in [-0.1, -0.05) is 188 Å². The Morgan fingerprint density at radius 2 is 0.984 bits per heavy atom. The Morgan fingerprint density at radius 3 is 1.47 bits per heavy atom. The molecule has 0 saturated carbocycles. The van der Waals surface area contributed by atoms with Crippen molar-refractivity contribution in [2.75, 3.05) is 40.9 Å². The molecule has 1 amide bonds. The van der Waals surface area contributed by atoms with Gasteiger partial charge in [0, 0.05) is 6.42 Å². The summed E-state index contributed by atoms with van der Waals surface area (Å²) in [6.45, 7) is 4.57. The van der Waals surface area contributed by atoms with Crippen LogP contribution in [0.2, 0.25) is 0 Å². The molecule has 0 aliphatic carbocycles. The third-order valence-corrected chi connectivity index (χ3v) is 11.2. The molecule has 0 aromatic heterocycles. The number of quaternary nitrogens is 1. The van der Waals surface area contributed by atoms with E-state index in [9.17, 15) is 19.4 Å². The number of hydrogen-bond donors (Lipinski definition) is 3. The van der Waals surface area contributed by atoms with E-state index < -0.39 is 20.0 Å². The smallest absolute Gasteiger partial charge is 0.387 e. The number of nitrogens with zero attached hydrogens (tertiary/aromatic N) is 1. The van der Waals surface area contributed by atoms with Crippen LogP contribution in [-0.2, 0) is 18.4 Å². The molecule has 0 heterocycles. The number of hydrogen-bond acceptors (Lipinski definition) is 5. The number of phosphoric acid groups is 1. The Labute approximate surface area is 381 Å². The number of amides is 1. The van der Waals surface area contributed by atoms with E-state index >= 15 is 0 Å². The lowest BCUT2D eigenvalue weighted by Gasteiger charge is -2.25. The van der Waals surface area contributed by atoms with Crippen molar-refractivity contribution >= 4 is 13.7 Å². The van der Waals surface area contributed by atoms with Crippen LogP contribution in [0.1, 0.15) is 181 Å². The fourth-order valence-electron chi connectivity index (χ4n) is 6.40. The third kappa shape index (κ3) is 45.4. The molecule has 0 aliphatic rings. The highest BCUT2D eigenvalue weighted by molar-refractivity contribution is 7.47. The molecule has 62 heavy (non-hydrogen) atoms. The normalized spacial score (nSPS) is 15.0. The highest BCUT2D eigenvalue weighted by Gasteiger charge is 2.27. The predicted molar refractivity (Wildman–Crippen MR) is 267 cm³/mol. The second-order valence-corrected chi connectivity index (χ2v) is 18.9. The van der Waals surface area contributed by atoms with Gasteiger partial charge in [0.15, 0.2) is 0 Å². The number of aliphatic hydroxyl groups is 1. The van der Waals surface area contributed by atoms with E-state index in [1.165, 1.54) is 77.0 Å². The van der Waals surface area contributed by atoms with Gasteiger partial charge in [-0.3, -0.25) is 13.8 Å². The van der Waals surface area contributed by atoms with Crippen LogP contribution in [0.5, 0.6) is 0 Å². The molecule has 3 unspecified atom stereocenters. The number of likely N-dealkylation sites (N-methyl/N-ethyl adjacent to an activating group) is 1. The van der Waals surface area contributed by atoms with Gasteiger partial charge in [-0.25, -0.2) is 4.57 Å². The summed E-state index contributed by atoms with van der Waals surface area (Å²) < 4.78 is 23.5. The lowest BCUT2D eigenvalue weighted by atomic mass is 10.0. The molecular weight excluding hydrogens is 792 g/mol. The number of aliphatic hydroxyl groups excluding tert-OH is 1. The SMILES string of the molecule is CC/C=C\C/C=C\C/C=C\C/C=C\C/C=C\CCCCCCCCCCCCCCCC(=O)NC(COP(=O)(O)OCC[N+](C)(C)C)C(O)/C=C/CC/C=C/CC/C=C/CCC. The zero-order chi connectivity index (χ0) is 45.7. The monoisotopic (exact) mass is 886 g/mol. The molecule has 0 aromatic rings. The molecule has 3 N–H and O–H groups in total. The van der Waals surface area contributed by atoms with Crippen molar-refractivity contribution in [3.05, 3.63) is 97.2 Å². The number of carbonyl (C=O) groups is 1. The quantitative estimate of drug-likeness (QED) is 0.0244. The minimum absolute atomic E-state index is 0.0488. The summed E-state index contributed by atoms with van der Waals surface area (Å²) in [5.41, 5.74) is 0. The van der Waals surface area contributed by atoms with Crippen molar-refractivity contribution in [2.45, 2.75) is 193 Å². The van der Waals surface area contributed by atoms with Gasteiger partial charge in [-0.2, -0.15) is 0 Å². The number of rotatable bonds is 43. The Bertz CT molecular complexity index is 1330. The molecule has 0 spiro atoms. The highest BCUT2D eigenvalue weighted by Crippen LogP contribution is 2.43. The largest absolute Gasteiger partial charge is 0.472 e. The van der Waals surface area contributed by atoms with Crippen LogP contribution in [0.25, 0.3) is 0 Å². The molecule has 0 rings (SSSR count). The molecular formula is C53H94N2O6P+. The van der Waals surface area contributed by atoms with Crippen molar-refractivity contribution in [2.24, 2.45) is 0 Å². The fraction of sp³-hybridized carbons (Fsp3) is 0.679. The Hall–Kier alpha value is -2.58. The van der Waals surface area contributed by atoms with Crippen LogP contribution in [0.3, 0.4) is 0 Å². The van der Waals surface area contributed by atoms with E-state index in [4.69, 9.17) is 9.05 Å². The minimum atomic E-state index is -4.35. The zero-order valence-corrected chi connectivity index (χ0v) is 41.2. The van der Waals surface area contributed by atoms with Crippen molar-refractivity contribution in [1.82, 2.24) is 5.32 Å². The maximum absolute atomic E-state index is 12.9. The maximum atomic E-state index is 12.9. The van der Waals surface area contributed by atoms with Crippen LogP contribution >= 0.6 is 7.82 Å². The summed E-state index contributed by atoms with van der Waals surface area (Å²) in [7, 11) is 1.53. The molecule has 0 bridgehead atoms. The number of phosphoric ester groups is 1. The van der Waals surface area contributed by atoms with Gasteiger partial charge in [0.05, 0.1) is 39.9 Å². The average molecular weight is 886 g/mol. The van der Waals surface area contributed by atoms with Gasteiger partial charge in [-0.05, 0) is 83.5 Å². The van der Waals surface area contributed by atoms with Crippen LogP contribution in [-0.4, -0.2) is 73.4 Å². The molecule has 3 atom stereocenters. The minimum Gasteiger partial charge on any atom is -0.387 e. The second kappa shape index (κ2) is 43.7. The van der Waals surface area contributed by atoms with E-state index in [1.807, 2.05) is 27.2 Å². The Morgan fingerprint density at radius 1 is 0.565 bits per heavy atom. The summed E-state index contributed by atoms with van der Waals surface area (Å²) in [5.74, 6) is -0.199. The van der Waals surface area contributed by atoms with Crippen molar-refractivity contribution < 1.29 is 32.9 Å². The Kier molecular flexibility index (Phi) is 41.8.